The van der Waals surface area contributed by atoms with E-state index in [1.807, 2.05) is 12.1 Å². The van der Waals surface area contributed by atoms with E-state index in [0.717, 1.165) is 74.0 Å². The van der Waals surface area contributed by atoms with Crippen molar-refractivity contribution in [2.75, 3.05) is 0 Å². The largest absolute Gasteiger partial charge is 0.207 e. The van der Waals surface area contributed by atoms with Gasteiger partial charge in [-0.2, -0.15) is 0 Å². The first kappa shape index (κ1) is 25.7. The Hall–Kier alpha value is -1.96. The SMILES string of the molecule is C=CC1CCC(c2ccc(C3CCC(c4ccc(C5CCC(CC)CC5)c(F)c4)CC3)c(F)c2)CC1. The number of rotatable bonds is 6. The highest BCUT2D eigenvalue weighted by Crippen LogP contribution is 2.44. The van der Waals surface area contributed by atoms with Gasteiger partial charge in [-0.3, -0.25) is 0 Å². The van der Waals surface area contributed by atoms with Crippen LogP contribution in [0.25, 0.3) is 0 Å². The maximum absolute atomic E-state index is 15.2. The Bertz CT molecular complexity index is 1020. The van der Waals surface area contributed by atoms with Crippen molar-refractivity contribution in [1.29, 1.82) is 0 Å². The zero-order chi connectivity index (χ0) is 25.1. The first-order valence-electron chi connectivity index (χ1n) is 14.8. The molecule has 194 valence electrons. The Balaban J connectivity index is 1.18. The molecule has 0 bridgehead atoms. The summed E-state index contributed by atoms with van der Waals surface area (Å²) >= 11 is 0. The van der Waals surface area contributed by atoms with Gasteiger partial charge in [0, 0.05) is 0 Å². The van der Waals surface area contributed by atoms with Crippen LogP contribution in [0, 0.1) is 23.5 Å². The predicted molar refractivity (Wildman–Crippen MR) is 147 cm³/mol. The Morgan fingerprint density at radius 3 is 1.47 bits per heavy atom. The number of hydrogen-bond acceptors (Lipinski definition) is 0. The topological polar surface area (TPSA) is 0 Å². The summed E-state index contributed by atoms with van der Waals surface area (Å²) in [5, 5.41) is 0. The average Bonchev–Trinajstić information content (AvgIpc) is 2.93. The summed E-state index contributed by atoms with van der Waals surface area (Å²) in [6.07, 6.45) is 16.7. The Kier molecular flexibility index (Phi) is 8.28. The zero-order valence-corrected chi connectivity index (χ0v) is 22.2. The van der Waals surface area contributed by atoms with Gasteiger partial charge in [0.2, 0.25) is 0 Å². The van der Waals surface area contributed by atoms with Crippen LogP contribution in [-0.2, 0) is 0 Å². The van der Waals surface area contributed by atoms with Crippen molar-refractivity contribution in [3.63, 3.8) is 0 Å². The maximum atomic E-state index is 15.2. The Morgan fingerprint density at radius 2 is 1.06 bits per heavy atom. The van der Waals surface area contributed by atoms with Gasteiger partial charge in [0.25, 0.3) is 0 Å². The van der Waals surface area contributed by atoms with Crippen molar-refractivity contribution >= 4 is 0 Å². The molecule has 0 spiro atoms. The monoisotopic (exact) mass is 490 g/mol. The first-order chi connectivity index (χ1) is 17.6. The number of benzene rings is 2. The van der Waals surface area contributed by atoms with E-state index in [0.29, 0.717) is 23.7 Å². The van der Waals surface area contributed by atoms with Gasteiger partial charge in [0.1, 0.15) is 11.6 Å². The quantitative estimate of drug-likeness (QED) is 0.353. The van der Waals surface area contributed by atoms with E-state index in [-0.39, 0.29) is 17.6 Å². The molecule has 0 aromatic heterocycles. The lowest BCUT2D eigenvalue weighted by Gasteiger charge is -2.31. The second kappa shape index (κ2) is 11.6. The van der Waals surface area contributed by atoms with Gasteiger partial charge in [-0.1, -0.05) is 43.7 Å². The van der Waals surface area contributed by atoms with Crippen molar-refractivity contribution in [2.24, 2.45) is 11.8 Å². The van der Waals surface area contributed by atoms with Gasteiger partial charge < -0.3 is 0 Å². The lowest BCUT2D eigenvalue weighted by atomic mass is 9.74. The highest BCUT2D eigenvalue weighted by Gasteiger charge is 2.28. The summed E-state index contributed by atoms with van der Waals surface area (Å²) in [7, 11) is 0. The lowest BCUT2D eigenvalue weighted by Crippen LogP contribution is -2.16. The predicted octanol–water partition coefficient (Wildman–Crippen LogP) is 10.5. The summed E-state index contributed by atoms with van der Waals surface area (Å²) in [5.41, 5.74) is 4.14. The van der Waals surface area contributed by atoms with Crippen molar-refractivity contribution < 1.29 is 8.78 Å². The molecule has 0 radical (unpaired) electrons. The van der Waals surface area contributed by atoms with Gasteiger partial charge in [0.05, 0.1) is 0 Å². The summed E-state index contributed by atoms with van der Waals surface area (Å²) in [6, 6.07) is 12.2. The van der Waals surface area contributed by atoms with E-state index in [2.05, 4.69) is 43.8 Å². The Labute approximate surface area is 217 Å². The third-order valence-corrected chi connectivity index (χ3v) is 10.1. The third-order valence-electron chi connectivity index (χ3n) is 10.1. The molecule has 0 amide bonds. The van der Waals surface area contributed by atoms with Crippen molar-refractivity contribution in [3.05, 3.63) is 82.9 Å². The standard InChI is InChI=1S/C34H44F2/c1-3-23-5-9-25(10-6-23)29-17-20-32(34(36)21-29)28-15-13-26(14-16-28)30-18-19-31(33(35)22-30)27-11-7-24(4-2)8-12-27/h3,17-28H,1,4-16H2,2H3. The van der Waals surface area contributed by atoms with Crippen LogP contribution in [0.5, 0.6) is 0 Å². The summed E-state index contributed by atoms with van der Waals surface area (Å²) < 4.78 is 30.3. The van der Waals surface area contributed by atoms with Crippen LogP contribution in [-0.4, -0.2) is 0 Å². The molecule has 5 rings (SSSR count). The van der Waals surface area contributed by atoms with Gasteiger partial charge in [-0.05, 0) is 147 Å². The van der Waals surface area contributed by atoms with Gasteiger partial charge in [-0.25, -0.2) is 8.78 Å². The van der Waals surface area contributed by atoms with Gasteiger partial charge in [-0.15, -0.1) is 6.58 Å². The smallest absolute Gasteiger partial charge is 0.126 e. The van der Waals surface area contributed by atoms with Crippen LogP contribution < -0.4 is 0 Å². The summed E-state index contributed by atoms with van der Waals surface area (Å²) in [4.78, 5) is 0. The molecule has 0 aliphatic heterocycles. The molecule has 36 heavy (non-hydrogen) atoms. The molecule has 2 aromatic rings. The molecule has 3 fully saturated rings. The Morgan fingerprint density at radius 1 is 0.639 bits per heavy atom. The van der Waals surface area contributed by atoms with Gasteiger partial charge in [0.15, 0.2) is 0 Å². The van der Waals surface area contributed by atoms with E-state index < -0.39 is 0 Å². The summed E-state index contributed by atoms with van der Waals surface area (Å²) in [6.45, 7) is 6.21. The molecule has 0 heterocycles. The molecule has 2 heteroatoms. The fourth-order valence-corrected chi connectivity index (χ4v) is 7.56. The molecule has 0 N–H and O–H groups in total. The number of hydrogen-bond donors (Lipinski definition) is 0. The van der Waals surface area contributed by atoms with E-state index in [1.165, 1.54) is 37.7 Å². The normalized spacial score (nSPS) is 31.2. The molecule has 0 nitrogen and oxygen atoms in total. The first-order valence-corrected chi connectivity index (χ1v) is 14.8. The third kappa shape index (κ3) is 5.63. The molecule has 0 unspecified atom stereocenters. The fourth-order valence-electron chi connectivity index (χ4n) is 7.56. The highest BCUT2D eigenvalue weighted by atomic mass is 19.1. The van der Waals surface area contributed by atoms with Crippen LogP contribution in [0.4, 0.5) is 8.78 Å². The van der Waals surface area contributed by atoms with E-state index in [1.54, 1.807) is 0 Å². The van der Waals surface area contributed by atoms with Crippen LogP contribution in [0.3, 0.4) is 0 Å². The number of allylic oxidation sites excluding steroid dienone is 1. The molecular formula is C34H44F2. The second-order valence-electron chi connectivity index (χ2n) is 12.1. The van der Waals surface area contributed by atoms with Crippen molar-refractivity contribution in [1.82, 2.24) is 0 Å². The summed E-state index contributed by atoms with van der Waals surface area (Å²) in [5.74, 6) is 2.99. The molecule has 0 saturated heterocycles. The van der Waals surface area contributed by atoms with Crippen molar-refractivity contribution in [3.8, 4) is 0 Å². The molecule has 3 aliphatic carbocycles. The van der Waals surface area contributed by atoms with E-state index in [4.69, 9.17) is 0 Å². The van der Waals surface area contributed by atoms with Crippen LogP contribution >= 0.6 is 0 Å². The van der Waals surface area contributed by atoms with Crippen LogP contribution in [0.15, 0.2) is 49.1 Å². The highest BCUT2D eigenvalue weighted by molar-refractivity contribution is 5.33. The minimum Gasteiger partial charge on any atom is -0.207 e. The number of halogens is 2. The molecule has 2 aromatic carbocycles. The molecular weight excluding hydrogens is 446 g/mol. The maximum Gasteiger partial charge on any atom is 0.126 e. The zero-order valence-electron chi connectivity index (χ0n) is 22.2. The van der Waals surface area contributed by atoms with E-state index in [9.17, 15) is 0 Å². The molecule has 3 saturated carbocycles. The van der Waals surface area contributed by atoms with E-state index >= 15 is 8.78 Å². The molecule has 3 aliphatic rings. The lowest BCUT2D eigenvalue weighted by molar-refractivity contribution is 0.314. The average molecular weight is 491 g/mol. The van der Waals surface area contributed by atoms with Crippen LogP contribution in [0.2, 0.25) is 0 Å². The second-order valence-corrected chi connectivity index (χ2v) is 12.1. The van der Waals surface area contributed by atoms with Gasteiger partial charge >= 0.3 is 0 Å². The van der Waals surface area contributed by atoms with Crippen LogP contribution in [0.1, 0.15) is 136 Å². The minimum atomic E-state index is -0.0185. The fraction of sp³-hybridized carbons (Fsp3) is 0.588. The molecule has 0 atom stereocenters. The van der Waals surface area contributed by atoms with Crippen molar-refractivity contribution in [2.45, 2.75) is 114 Å². The minimum absolute atomic E-state index is 0.00155.